The maximum Gasteiger partial charge on any atom is 0.240 e. The first-order chi connectivity index (χ1) is 9.13. The second kappa shape index (κ2) is 4.89. The van der Waals surface area contributed by atoms with E-state index >= 15 is 0 Å². The molecular formula is C15H24N2O2. The van der Waals surface area contributed by atoms with Crippen LogP contribution in [0, 0.1) is 11.8 Å². The third kappa shape index (κ3) is 2.00. The maximum atomic E-state index is 12.7. The van der Waals surface area contributed by atoms with Gasteiger partial charge in [-0.25, -0.2) is 0 Å². The smallest absolute Gasteiger partial charge is 0.240 e. The number of ketones is 1. The first-order valence-corrected chi connectivity index (χ1v) is 7.63. The lowest BCUT2D eigenvalue weighted by molar-refractivity contribution is -0.141. The number of carbonyl (C=O) groups excluding carboxylic acids is 2. The Kier molecular flexibility index (Phi) is 3.37. The number of hydrogen-bond donors (Lipinski definition) is 1. The van der Waals surface area contributed by atoms with Gasteiger partial charge in [-0.05, 0) is 57.9 Å². The number of nitrogens with one attached hydrogen (secondary N) is 1. The summed E-state index contributed by atoms with van der Waals surface area (Å²) in [6, 6.07) is 0.0942. The van der Waals surface area contributed by atoms with Crippen molar-refractivity contribution in [2.24, 2.45) is 11.8 Å². The maximum absolute atomic E-state index is 12.7. The zero-order valence-corrected chi connectivity index (χ0v) is 11.9. The highest BCUT2D eigenvalue weighted by atomic mass is 16.2. The van der Waals surface area contributed by atoms with Crippen molar-refractivity contribution in [3.63, 3.8) is 0 Å². The normalized spacial score (nSPS) is 41.9. The van der Waals surface area contributed by atoms with Gasteiger partial charge in [0.1, 0.15) is 0 Å². The van der Waals surface area contributed by atoms with Gasteiger partial charge in [-0.3, -0.25) is 9.59 Å². The number of carbonyl (C=O) groups is 2. The van der Waals surface area contributed by atoms with Crippen molar-refractivity contribution in [2.45, 2.75) is 63.6 Å². The van der Waals surface area contributed by atoms with Crippen LogP contribution in [-0.2, 0) is 9.59 Å². The van der Waals surface area contributed by atoms with E-state index < -0.39 is 0 Å². The summed E-state index contributed by atoms with van der Waals surface area (Å²) in [5.41, 5.74) is 0. The highest BCUT2D eigenvalue weighted by Crippen LogP contribution is 2.46. The van der Waals surface area contributed by atoms with E-state index in [2.05, 4.69) is 5.32 Å². The Balaban J connectivity index is 1.96. The van der Waals surface area contributed by atoms with E-state index in [0.29, 0.717) is 17.9 Å². The van der Waals surface area contributed by atoms with Crippen molar-refractivity contribution < 1.29 is 9.59 Å². The van der Waals surface area contributed by atoms with Gasteiger partial charge in [0, 0.05) is 6.04 Å². The van der Waals surface area contributed by atoms with E-state index in [1.165, 1.54) is 19.3 Å². The van der Waals surface area contributed by atoms with Crippen LogP contribution in [0.5, 0.6) is 0 Å². The lowest BCUT2D eigenvalue weighted by Crippen LogP contribution is -2.52. The molecule has 0 bridgehead atoms. The second-order valence-corrected chi connectivity index (χ2v) is 6.47. The van der Waals surface area contributed by atoms with Gasteiger partial charge < -0.3 is 10.2 Å². The average molecular weight is 264 g/mol. The largest absolute Gasteiger partial charge is 0.328 e. The molecule has 4 heteroatoms. The Labute approximate surface area is 114 Å². The van der Waals surface area contributed by atoms with Gasteiger partial charge in [0.15, 0.2) is 5.78 Å². The van der Waals surface area contributed by atoms with Crippen LogP contribution in [0.3, 0.4) is 0 Å². The Morgan fingerprint density at radius 1 is 1.21 bits per heavy atom. The predicted molar refractivity (Wildman–Crippen MR) is 72.6 cm³/mol. The van der Waals surface area contributed by atoms with E-state index in [4.69, 9.17) is 0 Å². The van der Waals surface area contributed by atoms with E-state index in [1.54, 1.807) is 6.92 Å². The third-order valence-electron chi connectivity index (χ3n) is 5.50. The predicted octanol–water partition coefficient (Wildman–Crippen LogP) is 1.34. The van der Waals surface area contributed by atoms with Crippen molar-refractivity contribution in [3.05, 3.63) is 0 Å². The standard InChI is InChI=1S/C15H24N2O2/c1-9(18)13-8-11-5-3-4-10-6-7-12(16-2)15(19)17(13)14(10)11/h10-14,16H,3-8H2,1-2H3. The first-order valence-electron chi connectivity index (χ1n) is 7.63. The zero-order chi connectivity index (χ0) is 13.6. The fourth-order valence-corrected chi connectivity index (χ4v) is 4.62. The molecule has 106 valence electrons. The van der Waals surface area contributed by atoms with Crippen molar-refractivity contribution in [3.8, 4) is 0 Å². The monoisotopic (exact) mass is 264 g/mol. The van der Waals surface area contributed by atoms with E-state index in [9.17, 15) is 9.59 Å². The molecule has 3 aliphatic rings. The Morgan fingerprint density at radius 3 is 2.63 bits per heavy atom. The molecule has 0 radical (unpaired) electrons. The minimum Gasteiger partial charge on any atom is -0.328 e. The van der Waals surface area contributed by atoms with Crippen LogP contribution in [0.4, 0.5) is 0 Å². The van der Waals surface area contributed by atoms with Gasteiger partial charge >= 0.3 is 0 Å². The molecule has 1 aliphatic carbocycles. The molecule has 2 saturated heterocycles. The second-order valence-electron chi connectivity index (χ2n) is 6.47. The highest BCUT2D eigenvalue weighted by Gasteiger charge is 2.52. The fourth-order valence-electron chi connectivity index (χ4n) is 4.62. The molecular weight excluding hydrogens is 240 g/mol. The number of amides is 1. The molecule has 0 aromatic rings. The summed E-state index contributed by atoms with van der Waals surface area (Å²) in [5.74, 6) is 1.51. The fraction of sp³-hybridized carbons (Fsp3) is 0.867. The molecule has 1 N–H and O–H groups in total. The Morgan fingerprint density at radius 2 is 1.95 bits per heavy atom. The topological polar surface area (TPSA) is 49.4 Å². The van der Waals surface area contributed by atoms with E-state index in [1.807, 2.05) is 11.9 Å². The summed E-state index contributed by atoms with van der Waals surface area (Å²) in [6.07, 6.45) is 6.64. The van der Waals surface area contributed by atoms with Gasteiger partial charge in [-0.15, -0.1) is 0 Å². The number of Topliss-reactive ketones (excluding diaryl/α,β-unsaturated/α-hetero) is 1. The SMILES string of the molecule is CNC1CCC2CCCC3CC(C(C)=O)N(C1=O)C23. The first kappa shape index (κ1) is 13.1. The van der Waals surface area contributed by atoms with Crippen LogP contribution in [0.15, 0.2) is 0 Å². The molecule has 2 heterocycles. The summed E-state index contributed by atoms with van der Waals surface area (Å²) in [4.78, 5) is 26.6. The number of likely N-dealkylation sites (N-methyl/N-ethyl adjacent to an activating group) is 1. The minimum atomic E-state index is -0.156. The molecule has 5 atom stereocenters. The van der Waals surface area contributed by atoms with Crippen LogP contribution in [0.1, 0.15) is 45.4 Å². The van der Waals surface area contributed by atoms with Crippen molar-refractivity contribution in [1.82, 2.24) is 10.2 Å². The van der Waals surface area contributed by atoms with Gasteiger partial charge in [-0.1, -0.05) is 6.42 Å². The van der Waals surface area contributed by atoms with Gasteiger partial charge in [-0.2, -0.15) is 0 Å². The molecule has 5 unspecified atom stereocenters. The molecule has 0 spiro atoms. The van der Waals surface area contributed by atoms with Crippen LogP contribution < -0.4 is 5.32 Å². The third-order valence-corrected chi connectivity index (χ3v) is 5.50. The summed E-state index contributed by atoms with van der Waals surface area (Å²) in [6.45, 7) is 1.64. The zero-order valence-electron chi connectivity index (χ0n) is 11.9. The van der Waals surface area contributed by atoms with E-state index in [-0.39, 0.29) is 23.8 Å². The van der Waals surface area contributed by atoms with Crippen LogP contribution in [-0.4, -0.2) is 41.8 Å². The van der Waals surface area contributed by atoms with Crippen LogP contribution in [0.25, 0.3) is 0 Å². The molecule has 19 heavy (non-hydrogen) atoms. The molecule has 0 aromatic carbocycles. The number of rotatable bonds is 2. The van der Waals surface area contributed by atoms with Crippen LogP contribution >= 0.6 is 0 Å². The molecule has 4 nitrogen and oxygen atoms in total. The molecule has 3 rings (SSSR count). The molecule has 2 aliphatic heterocycles. The average Bonchev–Trinajstić information content (AvgIpc) is 2.72. The lowest BCUT2D eigenvalue weighted by atomic mass is 9.75. The van der Waals surface area contributed by atoms with Gasteiger partial charge in [0.2, 0.25) is 5.91 Å². The van der Waals surface area contributed by atoms with E-state index in [0.717, 1.165) is 19.3 Å². The van der Waals surface area contributed by atoms with Gasteiger partial charge in [0.05, 0.1) is 12.1 Å². The molecule has 1 saturated carbocycles. The van der Waals surface area contributed by atoms with Crippen LogP contribution in [0.2, 0.25) is 0 Å². The van der Waals surface area contributed by atoms with Crippen molar-refractivity contribution >= 4 is 11.7 Å². The van der Waals surface area contributed by atoms with Crippen molar-refractivity contribution in [1.29, 1.82) is 0 Å². The summed E-state index contributed by atoms with van der Waals surface area (Å²) < 4.78 is 0. The summed E-state index contributed by atoms with van der Waals surface area (Å²) in [7, 11) is 1.86. The van der Waals surface area contributed by atoms with Crippen molar-refractivity contribution in [2.75, 3.05) is 7.05 Å². The quantitative estimate of drug-likeness (QED) is 0.819. The number of nitrogens with zero attached hydrogens (tertiary/aromatic N) is 1. The minimum absolute atomic E-state index is 0.0915. The molecule has 0 aromatic heterocycles. The Hall–Kier alpha value is -0.900. The van der Waals surface area contributed by atoms with Gasteiger partial charge in [0.25, 0.3) is 0 Å². The highest BCUT2D eigenvalue weighted by molar-refractivity contribution is 5.91. The Bertz CT molecular complexity index is 396. The number of hydrogen-bond acceptors (Lipinski definition) is 3. The lowest BCUT2D eigenvalue weighted by Gasteiger charge is -2.38. The summed E-state index contributed by atoms with van der Waals surface area (Å²) in [5, 5.41) is 3.14. The molecule has 1 amide bonds. The molecule has 3 fully saturated rings. The summed E-state index contributed by atoms with van der Waals surface area (Å²) >= 11 is 0.